The van der Waals surface area contributed by atoms with Gasteiger partial charge in [0.2, 0.25) is 0 Å². The van der Waals surface area contributed by atoms with E-state index in [0.717, 1.165) is 30.6 Å². The molecule has 0 saturated heterocycles. The van der Waals surface area contributed by atoms with Gasteiger partial charge in [-0.05, 0) is 86.6 Å². The van der Waals surface area contributed by atoms with Crippen LogP contribution < -0.4 is 4.74 Å². The lowest BCUT2D eigenvalue weighted by Gasteiger charge is -2.37. The molecule has 4 heteroatoms. The molecule has 0 aliphatic heterocycles. The molecule has 0 heterocycles. The minimum Gasteiger partial charge on any atom is -0.491 e. The summed E-state index contributed by atoms with van der Waals surface area (Å²) in [5.41, 5.74) is 0.182. The molecule has 34 heavy (non-hydrogen) atoms. The summed E-state index contributed by atoms with van der Waals surface area (Å²) in [6, 6.07) is 4.60. The smallest absolute Gasteiger partial charge is 0.175 e. The summed E-state index contributed by atoms with van der Waals surface area (Å²) in [6.07, 6.45) is 18.1. The molecule has 2 fully saturated rings. The zero-order valence-corrected chi connectivity index (χ0v) is 20.7. The van der Waals surface area contributed by atoms with Gasteiger partial charge in [-0.1, -0.05) is 57.2 Å². The van der Waals surface area contributed by atoms with Crippen LogP contribution >= 0.6 is 0 Å². The maximum absolute atomic E-state index is 14.8. The van der Waals surface area contributed by atoms with Gasteiger partial charge in [0.1, 0.15) is 0 Å². The zero-order valence-electron chi connectivity index (χ0n) is 20.7. The van der Waals surface area contributed by atoms with Crippen molar-refractivity contribution in [1.82, 2.24) is 0 Å². The molecule has 2 aliphatic rings. The SMILES string of the molecule is CCCCC1CCC(C2CCC(/C=C/c3cc4ccc(OCC)c(F)c4c(F)c3F)CC2)CC1. The Morgan fingerprint density at radius 1 is 0.853 bits per heavy atom. The lowest BCUT2D eigenvalue weighted by molar-refractivity contribution is 0.152. The van der Waals surface area contributed by atoms with Gasteiger partial charge in [-0.15, -0.1) is 0 Å². The molecule has 0 N–H and O–H groups in total. The Labute approximate surface area is 202 Å². The van der Waals surface area contributed by atoms with E-state index in [2.05, 4.69) is 6.92 Å². The molecule has 2 aromatic carbocycles. The lowest BCUT2D eigenvalue weighted by Crippen LogP contribution is -2.25. The molecule has 0 radical (unpaired) electrons. The number of halogens is 3. The maximum Gasteiger partial charge on any atom is 0.175 e. The molecular weight excluding hydrogens is 433 g/mol. The van der Waals surface area contributed by atoms with E-state index in [9.17, 15) is 13.2 Å². The van der Waals surface area contributed by atoms with E-state index in [1.807, 2.05) is 6.08 Å². The van der Waals surface area contributed by atoms with Crippen LogP contribution in [-0.2, 0) is 0 Å². The number of ether oxygens (including phenoxy) is 1. The standard InChI is InChI=1S/C30H39F3O/c1-3-5-6-20-7-12-22(13-8-20)23-14-9-21(10-15-23)11-16-25-19-24-17-18-26(34-4-2)29(32)27(24)30(33)28(25)31/h11,16-23H,3-10,12-15H2,1-2H3/b16-11+. The van der Waals surface area contributed by atoms with E-state index in [-0.39, 0.29) is 23.3 Å². The number of fused-ring (bicyclic) bond motifs is 1. The molecule has 2 aliphatic carbocycles. The third-order valence-corrected chi connectivity index (χ3v) is 8.30. The van der Waals surface area contributed by atoms with Crippen molar-refractivity contribution >= 4 is 16.8 Å². The molecule has 2 aromatic rings. The molecular formula is C30H39F3O. The van der Waals surface area contributed by atoms with Crippen molar-refractivity contribution in [2.45, 2.75) is 84.5 Å². The number of allylic oxidation sites excluding steroid dienone is 1. The summed E-state index contributed by atoms with van der Waals surface area (Å²) in [6.45, 7) is 4.26. The number of hydrogen-bond donors (Lipinski definition) is 0. The number of hydrogen-bond acceptors (Lipinski definition) is 1. The van der Waals surface area contributed by atoms with Crippen LogP contribution in [0, 0.1) is 41.1 Å². The highest BCUT2D eigenvalue weighted by Crippen LogP contribution is 2.42. The normalized spacial score (nSPS) is 25.8. The molecule has 0 spiro atoms. The van der Waals surface area contributed by atoms with Crippen LogP contribution in [-0.4, -0.2) is 6.61 Å². The van der Waals surface area contributed by atoms with Crippen molar-refractivity contribution in [2.24, 2.45) is 23.7 Å². The minimum atomic E-state index is -1.14. The molecule has 0 bridgehead atoms. The number of rotatable bonds is 8. The maximum atomic E-state index is 14.8. The lowest BCUT2D eigenvalue weighted by atomic mass is 9.68. The summed E-state index contributed by atoms with van der Waals surface area (Å²) >= 11 is 0. The molecule has 0 amide bonds. The van der Waals surface area contributed by atoms with Crippen LogP contribution in [0.2, 0.25) is 0 Å². The molecule has 186 valence electrons. The van der Waals surface area contributed by atoms with Crippen molar-refractivity contribution < 1.29 is 17.9 Å². The Kier molecular flexibility index (Phi) is 8.60. The van der Waals surface area contributed by atoms with E-state index in [1.54, 1.807) is 19.1 Å². The van der Waals surface area contributed by atoms with Gasteiger partial charge in [-0.3, -0.25) is 0 Å². The third kappa shape index (κ3) is 5.63. The van der Waals surface area contributed by atoms with E-state index < -0.39 is 17.5 Å². The minimum absolute atomic E-state index is 0.0530. The Hall–Kier alpha value is -1.97. The highest BCUT2D eigenvalue weighted by Gasteiger charge is 2.30. The Morgan fingerprint density at radius 3 is 2.18 bits per heavy atom. The van der Waals surface area contributed by atoms with Gasteiger partial charge in [-0.2, -0.15) is 0 Å². The van der Waals surface area contributed by atoms with Crippen molar-refractivity contribution in [3.8, 4) is 5.75 Å². The van der Waals surface area contributed by atoms with Gasteiger partial charge >= 0.3 is 0 Å². The zero-order chi connectivity index (χ0) is 24.1. The summed E-state index contributed by atoms with van der Waals surface area (Å²) in [7, 11) is 0. The Balaban J connectivity index is 1.36. The van der Waals surface area contributed by atoms with E-state index >= 15 is 0 Å². The third-order valence-electron chi connectivity index (χ3n) is 8.30. The van der Waals surface area contributed by atoms with Gasteiger partial charge in [0.05, 0.1) is 12.0 Å². The average molecular weight is 473 g/mol. The van der Waals surface area contributed by atoms with E-state index in [1.165, 1.54) is 69.9 Å². The topological polar surface area (TPSA) is 9.23 Å². The van der Waals surface area contributed by atoms with Gasteiger partial charge in [-0.25, -0.2) is 13.2 Å². The molecule has 0 unspecified atom stereocenters. The van der Waals surface area contributed by atoms with E-state index in [4.69, 9.17) is 4.74 Å². The largest absolute Gasteiger partial charge is 0.491 e. The predicted octanol–water partition coefficient (Wildman–Crippen LogP) is 9.47. The van der Waals surface area contributed by atoms with Crippen LogP contribution in [0.3, 0.4) is 0 Å². The first-order chi connectivity index (χ1) is 16.5. The molecule has 0 aromatic heterocycles. The van der Waals surface area contributed by atoms with Gasteiger partial charge in [0, 0.05) is 5.56 Å². The Bertz CT molecular complexity index is 982. The van der Waals surface area contributed by atoms with Crippen LogP contribution in [0.15, 0.2) is 24.3 Å². The highest BCUT2D eigenvalue weighted by molar-refractivity contribution is 5.87. The second-order valence-corrected chi connectivity index (χ2v) is 10.5. The first-order valence-corrected chi connectivity index (χ1v) is 13.4. The molecule has 2 saturated carbocycles. The summed E-state index contributed by atoms with van der Waals surface area (Å²) in [4.78, 5) is 0. The van der Waals surface area contributed by atoms with Crippen molar-refractivity contribution in [3.63, 3.8) is 0 Å². The highest BCUT2D eigenvalue weighted by atomic mass is 19.2. The van der Waals surface area contributed by atoms with Gasteiger partial charge in [0.25, 0.3) is 0 Å². The Morgan fingerprint density at radius 2 is 1.53 bits per heavy atom. The second-order valence-electron chi connectivity index (χ2n) is 10.5. The average Bonchev–Trinajstić information content (AvgIpc) is 2.86. The number of benzene rings is 2. The fraction of sp³-hybridized carbons (Fsp3) is 0.600. The molecule has 4 rings (SSSR count). The predicted molar refractivity (Wildman–Crippen MR) is 134 cm³/mol. The van der Waals surface area contributed by atoms with Crippen LogP contribution in [0.5, 0.6) is 5.75 Å². The monoisotopic (exact) mass is 472 g/mol. The quantitative estimate of drug-likeness (QED) is 0.372. The van der Waals surface area contributed by atoms with Gasteiger partial charge < -0.3 is 4.74 Å². The first kappa shape index (κ1) is 25.1. The number of unbranched alkanes of at least 4 members (excludes halogenated alkanes) is 1. The van der Waals surface area contributed by atoms with Crippen LogP contribution in [0.1, 0.15) is 90.0 Å². The van der Waals surface area contributed by atoms with Crippen LogP contribution in [0.4, 0.5) is 13.2 Å². The second kappa shape index (κ2) is 11.6. The van der Waals surface area contributed by atoms with Crippen LogP contribution in [0.25, 0.3) is 16.8 Å². The summed E-state index contributed by atoms with van der Waals surface area (Å²) in [5, 5.41) is 0.00303. The van der Waals surface area contributed by atoms with Gasteiger partial charge in [0.15, 0.2) is 23.2 Å². The summed E-state index contributed by atoms with van der Waals surface area (Å²) < 4.78 is 49.3. The van der Waals surface area contributed by atoms with Crippen molar-refractivity contribution in [1.29, 1.82) is 0 Å². The van der Waals surface area contributed by atoms with Crippen molar-refractivity contribution in [3.05, 3.63) is 47.3 Å². The summed E-state index contributed by atoms with van der Waals surface area (Å²) in [5.74, 6) is 0.0193. The fourth-order valence-electron chi connectivity index (χ4n) is 6.26. The fourth-order valence-corrected chi connectivity index (χ4v) is 6.26. The first-order valence-electron chi connectivity index (χ1n) is 13.4. The van der Waals surface area contributed by atoms with Crippen molar-refractivity contribution in [2.75, 3.05) is 6.61 Å². The van der Waals surface area contributed by atoms with E-state index in [0.29, 0.717) is 11.3 Å². The molecule has 1 nitrogen and oxygen atoms in total. The molecule has 0 atom stereocenters.